The number of hydrogen-bond donors (Lipinski definition) is 1. The van der Waals surface area contributed by atoms with E-state index in [1.54, 1.807) is 11.3 Å². The molecule has 0 unspecified atom stereocenters. The number of nitrogens with zero attached hydrogens (tertiary/aromatic N) is 2. The highest BCUT2D eigenvalue weighted by molar-refractivity contribution is 5.72. The van der Waals surface area contributed by atoms with E-state index in [1.807, 2.05) is 32.2 Å². The van der Waals surface area contributed by atoms with E-state index >= 15 is 0 Å². The molecule has 1 heterocycles. The van der Waals surface area contributed by atoms with Crippen molar-refractivity contribution >= 4 is 6.21 Å². The van der Waals surface area contributed by atoms with Gasteiger partial charge in [0.25, 0.3) is 0 Å². The van der Waals surface area contributed by atoms with E-state index in [0.29, 0.717) is 0 Å². The Hall–Kier alpha value is -1.09. The first-order valence-corrected chi connectivity index (χ1v) is 3.23. The SMILES string of the molecule is C/C=C1/C=CC=NN1NC. The number of allylic oxidation sites excluding steroid dienone is 3. The Labute approximate surface area is 60.7 Å². The summed E-state index contributed by atoms with van der Waals surface area (Å²) in [7, 11) is 1.83. The van der Waals surface area contributed by atoms with Crippen molar-refractivity contribution in [2.24, 2.45) is 5.10 Å². The minimum atomic E-state index is 1.06. The second-order valence-electron chi connectivity index (χ2n) is 1.87. The molecule has 3 heteroatoms. The lowest BCUT2D eigenvalue weighted by Crippen LogP contribution is -2.29. The predicted molar refractivity (Wildman–Crippen MR) is 42.3 cm³/mol. The van der Waals surface area contributed by atoms with Crippen LogP contribution in [0.1, 0.15) is 6.92 Å². The van der Waals surface area contributed by atoms with Crippen LogP contribution in [0.4, 0.5) is 0 Å². The van der Waals surface area contributed by atoms with Gasteiger partial charge < -0.3 is 0 Å². The Morgan fingerprint density at radius 1 is 1.70 bits per heavy atom. The van der Waals surface area contributed by atoms with Crippen molar-refractivity contribution in [1.29, 1.82) is 0 Å². The van der Waals surface area contributed by atoms with Gasteiger partial charge in [0.05, 0.1) is 5.70 Å². The minimum absolute atomic E-state index is 1.06. The van der Waals surface area contributed by atoms with Crippen molar-refractivity contribution in [2.45, 2.75) is 6.92 Å². The van der Waals surface area contributed by atoms with Crippen molar-refractivity contribution in [3.8, 4) is 0 Å². The van der Waals surface area contributed by atoms with Gasteiger partial charge in [-0.05, 0) is 19.1 Å². The summed E-state index contributed by atoms with van der Waals surface area (Å²) in [6.45, 7) is 1.98. The van der Waals surface area contributed by atoms with Crippen LogP contribution in [-0.2, 0) is 0 Å². The smallest absolute Gasteiger partial charge is 0.0736 e. The molecule has 0 aromatic heterocycles. The van der Waals surface area contributed by atoms with Crippen molar-refractivity contribution in [3.05, 3.63) is 23.9 Å². The molecular formula is C7H11N3. The van der Waals surface area contributed by atoms with Crippen LogP contribution in [0.15, 0.2) is 29.0 Å². The van der Waals surface area contributed by atoms with Gasteiger partial charge in [-0.1, -0.05) is 6.08 Å². The summed E-state index contributed by atoms with van der Waals surface area (Å²) < 4.78 is 0. The van der Waals surface area contributed by atoms with E-state index in [-0.39, 0.29) is 0 Å². The van der Waals surface area contributed by atoms with Gasteiger partial charge in [0.2, 0.25) is 0 Å². The maximum atomic E-state index is 4.04. The number of hydrazone groups is 1. The Balaban J connectivity index is 2.74. The first-order chi connectivity index (χ1) is 4.88. The van der Waals surface area contributed by atoms with Crippen LogP contribution in [0.2, 0.25) is 0 Å². The summed E-state index contributed by atoms with van der Waals surface area (Å²) >= 11 is 0. The molecular weight excluding hydrogens is 126 g/mol. The lowest BCUT2D eigenvalue weighted by atomic mass is 10.3. The molecule has 10 heavy (non-hydrogen) atoms. The summed E-state index contributed by atoms with van der Waals surface area (Å²) in [6.07, 6.45) is 7.62. The van der Waals surface area contributed by atoms with Crippen LogP contribution in [-0.4, -0.2) is 18.4 Å². The van der Waals surface area contributed by atoms with Gasteiger partial charge in [0.1, 0.15) is 0 Å². The molecule has 3 nitrogen and oxygen atoms in total. The highest BCUT2D eigenvalue weighted by Gasteiger charge is 2.01. The van der Waals surface area contributed by atoms with Crippen LogP contribution in [0.3, 0.4) is 0 Å². The third-order valence-electron chi connectivity index (χ3n) is 1.29. The van der Waals surface area contributed by atoms with Gasteiger partial charge >= 0.3 is 0 Å². The third kappa shape index (κ3) is 1.25. The molecule has 0 saturated heterocycles. The van der Waals surface area contributed by atoms with Gasteiger partial charge in [-0.2, -0.15) is 10.2 Å². The Morgan fingerprint density at radius 2 is 2.50 bits per heavy atom. The maximum Gasteiger partial charge on any atom is 0.0736 e. The van der Waals surface area contributed by atoms with Crippen LogP contribution < -0.4 is 5.43 Å². The average Bonchev–Trinajstić information content (AvgIpc) is 2.04. The van der Waals surface area contributed by atoms with Crippen LogP contribution in [0.25, 0.3) is 0 Å². The highest BCUT2D eigenvalue weighted by atomic mass is 15.7. The van der Waals surface area contributed by atoms with Gasteiger partial charge in [0, 0.05) is 13.3 Å². The topological polar surface area (TPSA) is 27.6 Å². The number of nitrogens with one attached hydrogen (secondary N) is 1. The van der Waals surface area contributed by atoms with Gasteiger partial charge in [-0.25, -0.2) is 5.43 Å². The summed E-state index contributed by atoms with van der Waals surface area (Å²) in [5, 5.41) is 5.75. The minimum Gasteiger partial charge on any atom is -0.216 e. The molecule has 0 fully saturated rings. The van der Waals surface area contributed by atoms with Gasteiger partial charge in [-0.15, -0.1) is 0 Å². The normalized spacial score (nSPS) is 20.6. The fraction of sp³-hybridized carbons (Fsp3) is 0.286. The number of hydrogen-bond acceptors (Lipinski definition) is 3. The highest BCUT2D eigenvalue weighted by Crippen LogP contribution is 2.05. The first-order valence-electron chi connectivity index (χ1n) is 3.23. The third-order valence-corrected chi connectivity index (χ3v) is 1.29. The molecule has 54 valence electrons. The van der Waals surface area contributed by atoms with E-state index in [9.17, 15) is 0 Å². The molecule has 0 aliphatic carbocycles. The second kappa shape index (κ2) is 3.17. The molecule has 0 atom stereocenters. The summed E-state index contributed by atoms with van der Waals surface area (Å²) in [5.74, 6) is 0. The van der Waals surface area contributed by atoms with E-state index in [4.69, 9.17) is 0 Å². The average molecular weight is 137 g/mol. The lowest BCUT2D eigenvalue weighted by molar-refractivity contribution is 0.294. The van der Waals surface area contributed by atoms with E-state index in [1.165, 1.54) is 0 Å². The number of rotatable bonds is 1. The van der Waals surface area contributed by atoms with Crippen molar-refractivity contribution < 1.29 is 0 Å². The van der Waals surface area contributed by atoms with E-state index in [2.05, 4.69) is 10.5 Å². The summed E-state index contributed by atoms with van der Waals surface area (Å²) in [5.41, 5.74) is 3.98. The maximum absolute atomic E-state index is 4.04. The fourth-order valence-corrected chi connectivity index (χ4v) is 0.789. The van der Waals surface area contributed by atoms with Crippen LogP contribution in [0, 0.1) is 0 Å². The molecule has 0 bridgehead atoms. The van der Waals surface area contributed by atoms with E-state index < -0.39 is 0 Å². The zero-order chi connectivity index (χ0) is 7.40. The van der Waals surface area contributed by atoms with Crippen molar-refractivity contribution in [1.82, 2.24) is 10.5 Å². The van der Waals surface area contributed by atoms with Gasteiger partial charge in [-0.3, -0.25) is 0 Å². The molecule has 1 aliphatic rings. The van der Waals surface area contributed by atoms with Crippen molar-refractivity contribution in [3.63, 3.8) is 0 Å². The first kappa shape index (κ1) is 7.02. The Morgan fingerprint density at radius 3 is 3.00 bits per heavy atom. The Bertz CT molecular complexity index is 191. The fourth-order valence-electron chi connectivity index (χ4n) is 0.789. The molecule has 0 aromatic carbocycles. The molecule has 0 spiro atoms. The monoisotopic (exact) mass is 137 g/mol. The quantitative estimate of drug-likeness (QED) is 0.581. The standard InChI is InChI=1S/C7H11N3/c1-3-7-5-4-6-9-10(7)8-2/h3-6,8H,1-2H3/b7-3-. The second-order valence-corrected chi connectivity index (χ2v) is 1.87. The molecule has 0 saturated carbocycles. The largest absolute Gasteiger partial charge is 0.216 e. The van der Waals surface area contributed by atoms with Crippen molar-refractivity contribution in [2.75, 3.05) is 7.05 Å². The molecule has 0 aromatic rings. The zero-order valence-electron chi connectivity index (χ0n) is 6.20. The van der Waals surface area contributed by atoms with Crippen LogP contribution in [0.5, 0.6) is 0 Å². The molecule has 1 N–H and O–H groups in total. The Kier molecular flexibility index (Phi) is 2.23. The predicted octanol–water partition coefficient (Wildman–Crippen LogP) is 0.882. The molecule has 1 aliphatic heterocycles. The van der Waals surface area contributed by atoms with Gasteiger partial charge in [0.15, 0.2) is 0 Å². The zero-order valence-corrected chi connectivity index (χ0v) is 6.20. The lowest BCUT2D eigenvalue weighted by Gasteiger charge is -2.19. The summed E-state index contributed by atoms with van der Waals surface area (Å²) in [6, 6.07) is 0. The summed E-state index contributed by atoms with van der Waals surface area (Å²) in [4.78, 5) is 0. The molecule has 0 radical (unpaired) electrons. The van der Waals surface area contributed by atoms with Crippen LogP contribution >= 0.6 is 0 Å². The van der Waals surface area contributed by atoms with E-state index in [0.717, 1.165) is 5.70 Å². The number of hydrazine groups is 1. The molecule has 1 rings (SSSR count). The molecule has 0 amide bonds.